The van der Waals surface area contributed by atoms with Crippen LogP contribution < -0.4 is 9.47 Å². The zero-order chi connectivity index (χ0) is 14.5. The minimum atomic E-state index is -0.430. The van der Waals surface area contributed by atoms with E-state index in [-0.39, 0.29) is 5.69 Å². The van der Waals surface area contributed by atoms with Crippen LogP contribution in [0.5, 0.6) is 11.5 Å². The maximum absolute atomic E-state index is 10.8. The van der Waals surface area contributed by atoms with Gasteiger partial charge in [0.15, 0.2) is 11.5 Å². The zero-order valence-corrected chi connectivity index (χ0v) is 11.9. The quantitative estimate of drug-likeness (QED) is 0.611. The highest BCUT2D eigenvalue weighted by molar-refractivity contribution is 5.48. The molecule has 0 radical (unpaired) electrons. The predicted octanol–water partition coefficient (Wildman–Crippen LogP) is 2.32. The van der Waals surface area contributed by atoms with E-state index in [0.29, 0.717) is 24.0 Å². The number of hydrogen-bond donors (Lipinski definition) is 0. The van der Waals surface area contributed by atoms with Gasteiger partial charge in [0.25, 0.3) is 5.69 Å². The van der Waals surface area contributed by atoms with Gasteiger partial charge in [-0.25, -0.2) is 0 Å². The predicted molar refractivity (Wildman–Crippen MR) is 75.4 cm³/mol. The first-order valence-corrected chi connectivity index (χ1v) is 6.74. The van der Waals surface area contributed by atoms with E-state index in [4.69, 9.17) is 9.47 Å². The molecule has 6 nitrogen and oxygen atoms in total. The molecule has 1 saturated heterocycles. The molecule has 6 heteroatoms. The van der Waals surface area contributed by atoms with Gasteiger partial charge in [-0.3, -0.25) is 10.1 Å². The summed E-state index contributed by atoms with van der Waals surface area (Å²) < 4.78 is 10.9. The minimum Gasteiger partial charge on any atom is -0.493 e. The first-order valence-electron chi connectivity index (χ1n) is 6.74. The van der Waals surface area contributed by atoms with E-state index in [2.05, 4.69) is 11.9 Å². The van der Waals surface area contributed by atoms with Crippen molar-refractivity contribution in [3.8, 4) is 11.5 Å². The number of piperidine rings is 1. The molecule has 20 heavy (non-hydrogen) atoms. The normalized spacial score (nSPS) is 19.6. The summed E-state index contributed by atoms with van der Waals surface area (Å²) in [6, 6.07) is 4.41. The average molecular weight is 280 g/mol. The SMILES string of the molecule is COc1ccc([N+](=O)[O-])cc1OCC1CCCN(C)C1. The number of methoxy groups -OCH3 is 1. The Labute approximate surface area is 118 Å². The molecule has 1 fully saturated rings. The first-order chi connectivity index (χ1) is 9.60. The van der Waals surface area contributed by atoms with Crippen molar-refractivity contribution in [1.82, 2.24) is 4.90 Å². The largest absolute Gasteiger partial charge is 0.493 e. The van der Waals surface area contributed by atoms with Crippen LogP contribution in [0, 0.1) is 16.0 Å². The second kappa shape index (κ2) is 6.56. The van der Waals surface area contributed by atoms with Crippen molar-refractivity contribution in [2.45, 2.75) is 12.8 Å². The lowest BCUT2D eigenvalue weighted by molar-refractivity contribution is -0.385. The molecular weight excluding hydrogens is 260 g/mol. The highest BCUT2D eigenvalue weighted by Crippen LogP contribution is 2.31. The molecule has 1 atom stereocenters. The van der Waals surface area contributed by atoms with Crippen LogP contribution in [0.4, 0.5) is 5.69 Å². The molecule has 110 valence electrons. The molecule has 0 saturated carbocycles. The lowest BCUT2D eigenvalue weighted by Gasteiger charge is -2.29. The molecule has 0 bridgehead atoms. The molecule has 1 aromatic carbocycles. The van der Waals surface area contributed by atoms with Gasteiger partial charge in [-0.15, -0.1) is 0 Å². The van der Waals surface area contributed by atoms with E-state index < -0.39 is 4.92 Å². The van der Waals surface area contributed by atoms with Crippen LogP contribution in [0.2, 0.25) is 0 Å². The second-order valence-electron chi connectivity index (χ2n) is 5.17. The Bertz CT molecular complexity index is 478. The lowest BCUT2D eigenvalue weighted by Crippen LogP contribution is -2.34. The third-order valence-electron chi connectivity index (χ3n) is 3.55. The van der Waals surface area contributed by atoms with E-state index >= 15 is 0 Å². The maximum atomic E-state index is 10.8. The van der Waals surface area contributed by atoms with Crippen molar-refractivity contribution in [1.29, 1.82) is 0 Å². The highest BCUT2D eigenvalue weighted by Gasteiger charge is 2.19. The van der Waals surface area contributed by atoms with E-state index in [0.717, 1.165) is 25.9 Å². The van der Waals surface area contributed by atoms with Gasteiger partial charge in [-0.1, -0.05) is 0 Å². The third-order valence-corrected chi connectivity index (χ3v) is 3.55. The first kappa shape index (κ1) is 14.6. The molecule has 0 spiro atoms. The number of non-ortho nitro benzene ring substituents is 1. The van der Waals surface area contributed by atoms with E-state index in [1.165, 1.54) is 19.2 Å². The van der Waals surface area contributed by atoms with E-state index in [1.54, 1.807) is 6.07 Å². The number of benzene rings is 1. The van der Waals surface area contributed by atoms with Crippen LogP contribution in [0.3, 0.4) is 0 Å². The molecule has 1 aliphatic rings. The molecule has 1 aromatic rings. The fourth-order valence-electron chi connectivity index (χ4n) is 2.51. The van der Waals surface area contributed by atoms with Gasteiger partial charge in [0.2, 0.25) is 0 Å². The fraction of sp³-hybridized carbons (Fsp3) is 0.571. The lowest BCUT2D eigenvalue weighted by atomic mass is 10.00. The molecular formula is C14H20N2O4. The van der Waals surface area contributed by atoms with Gasteiger partial charge in [0.05, 0.1) is 24.7 Å². The summed E-state index contributed by atoms with van der Waals surface area (Å²) in [6.07, 6.45) is 2.29. The number of nitro benzene ring substituents is 1. The number of rotatable bonds is 5. The Balaban J connectivity index is 2.03. The Kier molecular flexibility index (Phi) is 4.79. The van der Waals surface area contributed by atoms with Gasteiger partial charge in [-0.2, -0.15) is 0 Å². The van der Waals surface area contributed by atoms with E-state index in [1.807, 2.05) is 0 Å². The average Bonchev–Trinajstić information content (AvgIpc) is 2.44. The smallest absolute Gasteiger partial charge is 0.273 e. The van der Waals surface area contributed by atoms with Gasteiger partial charge in [0.1, 0.15) is 0 Å². The van der Waals surface area contributed by atoms with Crippen LogP contribution in [0.1, 0.15) is 12.8 Å². The number of nitrogens with zero attached hydrogens (tertiary/aromatic N) is 2. The highest BCUT2D eigenvalue weighted by atomic mass is 16.6. The van der Waals surface area contributed by atoms with Crippen LogP contribution >= 0.6 is 0 Å². The van der Waals surface area contributed by atoms with Crippen molar-refractivity contribution in [3.05, 3.63) is 28.3 Å². The summed E-state index contributed by atoms with van der Waals surface area (Å²) >= 11 is 0. The molecule has 0 N–H and O–H groups in total. The molecule has 1 unspecified atom stereocenters. The fourth-order valence-corrected chi connectivity index (χ4v) is 2.51. The molecule has 0 aromatic heterocycles. The van der Waals surface area contributed by atoms with Gasteiger partial charge < -0.3 is 14.4 Å². The zero-order valence-electron chi connectivity index (χ0n) is 11.9. The van der Waals surface area contributed by atoms with Gasteiger partial charge >= 0.3 is 0 Å². The standard InChI is InChI=1S/C14H20N2O4/c1-15-7-3-4-11(9-15)10-20-14-8-12(16(17)18)5-6-13(14)19-2/h5-6,8,11H,3-4,7,9-10H2,1-2H3. The summed E-state index contributed by atoms with van der Waals surface area (Å²) in [6.45, 7) is 2.68. The topological polar surface area (TPSA) is 64.8 Å². The number of likely N-dealkylation sites (tertiary alicyclic amines) is 1. The molecule has 1 heterocycles. The number of ether oxygens (including phenoxy) is 2. The van der Waals surface area contributed by atoms with Crippen molar-refractivity contribution >= 4 is 5.69 Å². The Morgan fingerprint density at radius 3 is 2.90 bits per heavy atom. The Hall–Kier alpha value is -1.82. The van der Waals surface area contributed by atoms with Crippen LogP contribution in [0.25, 0.3) is 0 Å². The Morgan fingerprint density at radius 1 is 1.45 bits per heavy atom. The second-order valence-corrected chi connectivity index (χ2v) is 5.17. The molecule has 1 aliphatic heterocycles. The molecule has 0 aliphatic carbocycles. The molecule has 2 rings (SSSR count). The monoisotopic (exact) mass is 280 g/mol. The van der Waals surface area contributed by atoms with Crippen LogP contribution in [-0.4, -0.2) is 43.7 Å². The third kappa shape index (κ3) is 3.60. The van der Waals surface area contributed by atoms with Crippen LogP contribution in [0.15, 0.2) is 18.2 Å². The summed E-state index contributed by atoms with van der Waals surface area (Å²) in [5, 5.41) is 10.8. The summed E-state index contributed by atoms with van der Waals surface area (Å²) in [7, 11) is 3.63. The van der Waals surface area contributed by atoms with Crippen molar-refractivity contribution in [2.24, 2.45) is 5.92 Å². The van der Waals surface area contributed by atoms with Gasteiger partial charge in [-0.05, 0) is 32.5 Å². The summed E-state index contributed by atoms with van der Waals surface area (Å²) in [5.74, 6) is 1.42. The maximum Gasteiger partial charge on any atom is 0.273 e. The van der Waals surface area contributed by atoms with Crippen molar-refractivity contribution in [2.75, 3.05) is 33.9 Å². The molecule has 0 amide bonds. The summed E-state index contributed by atoms with van der Waals surface area (Å²) in [5.41, 5.74) is 0.0153. The van der Waals surface area contributed by atoms with E-state index in [9.17, 15) is 10.1 Å². The minimum absolute atomic E-state index is 0.0153. The number of nitro groups is 1. The van der Waals surface area contributed by atoms with Crippen molar-refractivity contribution < 1.29 is 14.4 Å². The number of hydrogen-bond acceptors (Lipinski definition) is 5. The Morgan fingerprint density at radius 2 is 2.25 bits per heavy atom. The summed E-state index contributed by atoms with van der Waals surface area (Å²) in [4.78, 5) is 12.7. The van der Waals surface area contributed by atoms with Crippen molar-refractivity contribution in [3.63, 3.8) is 0 Å². The van der Waals surface area contributed by atoms with Crippen LogP contribution in [-0.2, 0) is 0 Å². The van der Waals surface area contributed by atoms with Gasteiger partial charge in [0, 0.05) is 18.5 Å².